The van der Waals surface area contributed by atoms with Crippen molar-refractivity contribution in [1.29, 1.82) is 5.26 Å². The van der Waals surface area contributed by atoms with Gasteiger partial charge in [0.2, 0.25) is 11.8 Å². The van der Waals surface area contributed by atoms with Crippen LogP contribution < -0.4 is 15.2 Å². The Labute approximate surface area is 206 Å². The van der Waals surface area contributed by atoms with Crippen molar-refractivity contribution in [2.45, 2.75) is 12.5 Å². The summed E-state index contributed by atoms with van der Waals surface area (Å²) >= 11 is 0. The summed E-state index contributed by atoms with van der Waals surface area (Å²) in [5.74, 6) is 0.622. The average molecular weight is 476 g/mol. The molecule has 36 heavy (non-hydrogen) atoms. The molecule has 0 spiro atoms. The highest BCUT2D eigenvalue weighted by atomic mass is 16.5. The number of ether oxygens (including phenoxy) is 2. The van der Waals surface area contributed by atoms with Gasteiger partial charge in [0.1, 0.15) is 22.9 Å². The highest BCUT2D eigenvalue weighted by Crippen LogP contribution is 2.46. The van der Waals surface area contributed by atoms with Crippen molar-refractivity contribution >= 4 is 11.0 Å². The van der Waals surface area contributed by atoms with Crippen molar-refractivity contribution in [2.24, 2.45) is 5.73 Å². The van der Waals surface area contributed by atoms with Gasteiger partial charge in [-0.05, 0) is 35.4 Å². The zero-order valence-electron chi connectivity index (χ0n) is 19.3. The van der Waals surface area contributed by atoms with Crippen LogP contribution in [0.4, 0.5) is 0 Å². The number of aromatic nitrogens is 5. The maximum Gasteiger partial charge on any atom is 0.244 e. The van der Waals surface area contributed by atoms with Gasteiger partial charge in [0.15, 0.2) is 0 Å². The van der Waals surface area contributed by atoms with Crippen molar-refractivity contribution in [1.82, 2.24) is 25.2 Å². The number of nitrogens with two attached hydrogens (primary N) is 1. The van der Waals surface area contributed by atoms with E-state index in [9.17, 15) is 5.26 Å². The highest BCUT2D eigenvalue weighted by Gasteiger charge is 2.36. The topological polar surface area (TPSA) is 128 Å². The van der Waals surface area contributed by atoms with Crippen LogP contribution in [0.1, 0.15) is 22.6 Å². The number of nitrogens with zero attached hydrogens (tertiary/aromatic N) is 5. The lowest BCUT2D eigenvalue weighted by Crippen LogP contribution is -2.21. The summed E-state index contributed by atoms with van der Waals surface area (Å²) in [5, 5.41) is 26.1. The van der Waals surface area contributed by atoms with Gasteiger partial charge in [-0.15, -0.1) is 10.2 Å². The summed E-state index contributed by atoms with van der Waals surface area (Å²) in [5.41, 5.74) is 12.4. The molecule has 6 rings (SSSR count). The van der Waals surface area contributed by atoms with Crippen molar-refractivity contribution in [3.63, 3.8) is 0 Å². The Hall–Kier alpha value is -5.10. The first-order chi connectivity index (χ1) is 17.7. The molecule has 9 nitrogen and oxygen atoms in total. The largest absolute Gasteiger partial charge is 0.496 e. The first kappa shape index (κ1) is 21.4. The number of nitrogens with one attached hydrogen (secondary N) is 1. The van der Waals surface area contributed by atoms with Crippen LogP contribution in [0.2, 0.25) is 0 Å². The van der Waals surface area contributed by atoms with Crippen molar-refractivity contribution in [2.75, 3.05) is 7.11 Å². The van der Waals surface area contributed by atoms with E-state index in [-0.39, 0.29) is 5.88 Å². The monoisotopic (exact) mass is 475 g/mol. The third kappa shape index (κ3) is 3.44. The quantitative estimate of drug-likeness (QED) is 0.392. The second-order valence-electron chi connectivity index (χ2n) is 8.42. The molecule has 176 valence electrons. The van der Waals surface area contributed by atoms with Gasteiger partial charge in [0, 0.05) is 5.56 Å². The van der Waals surface area contributed by atoms with E-state index >= 15 is 0 Å². The molecule has 2 aromatic heterocycles. The Morgan fingerprint density at radius 2 is 1.92 bits per heavy atom. The van der Waals surface area contributed by atoms with Gasteiger partial charge < -0.3 is 15.2 Å². The summed E-state index contributed by atoms with van der Waals surface area (Å²) in [4.78, 5) is 0. The normalized spacial score (nSPS) is 14.8. The molecule has 0 radical (unpaired) electrons. The molecule has 1 aliphatic rings. The van der Waals surface area contributed by atoms with Crippen LogP contribution in [-0.4, -0.2) is 32.3 Å². The van der Waals surface area contributed by atoms with Gasteiger partial charge in [-0.3, -0.25) is 5.10 Å². The number of methoxy groups -OCH3 is 1. The Balaban J connectivity index is 1.50. The van der Waals surface area contributed by atoms with E-state index in [1.807, 2.05) is 77.5 Å². The molecule has 3 N–H and O–H groups in total. The van der Waals surface area contributed by atoms with E-state index in [0.717, 1.165) is 39.0 Å². The molecule has 0 bridgehead atoms. The molecule has 3 heterocycles. The SMILES string of the molecule is COc1ccc([C@@H]2C(C#N)=C(N)Oc3n[nH]c(-c4ccccc4)c32)cc1Cn1nnc2ccccc21. The van der Waals surface area contributed by atoms with Crippen LogP contribution >= 0.6 is 0 Å². The number of para-hydroxylation sites is 1. The van der Waals surface area contributed by atoms with Crippen molar-refractivity contribution in [3.8, 4) is 29.0 Å². The molecular formula is C27H21N7O2. The van der Waals surface area contributed by atoms with E-state index in [2.05, 4.69) is 26.6 Å². The molecule has 1 atom stereocenters. The second-order valence-corrected chi connectivity index (χ2v) is 8.42. The predicted molar refractivity (Wildman–Crippen MR) is 133 cm³/mol. The molecule has 0 saturated heterocycles. The minimum atomic E-state index is -0.482. The van der Waals surface area contributed by atoms with Crippen LogP contribution in [-0.2, 0) is 6.54 Å². The number of hydrogen-bond donors (Lipinski definition) is 2. The van der Waals surface area contributed by atoms with Gasteiger partial charge >= 0.3 is 0 Å². The number of allylic oxidation sites excluding steroid dienone is 1. The molecule has 0 aliphatic carbocycles. The van der Waals surface area contributed by atoms with E-state index < -0.39 is 5.92 Å². The van der Waals surface area contributed by atoms with E-state index in [1.54, 1.807) is 7.11 Å². The number of H-pyrrole nitrogens is 1. The molecule has 1 aliphatic heterocycles. The van der Waals surface area contributed by atoms with Gasteiger partial charge in [-0.2, -0.15) is 5.26 Å². The van der Waals surface area contributed by atoms with Crippen LogP contribution in [0.25, 0.3) is 22.3 Å². The summed E-state index contributed by atoms with van der Waals surface area (Å²) in [7, 11) is 1.63. The first-order valence-corrected chi connectivity index (χ1v) is 11.3. The molecule has 3 aromatic carbocycles. The van der Waals surface area contributed by atoms with Gasteiger partial charge in [0.25, 0.3) is 0 Å². The second kappa shape index (κ2) is 8.60. The fourth-order valence-electron chi connectivity index (χ4n) is 4.70. The lowest BCUT2D eigenvalue weighted by molar-refractivity contribution is 0.378. The predicted octanol–water partition coefficient (Wildman–Crippen LogP) is 4.10. The molecule has 0 unspecified atom stereocenters. The molecule has 0 amide bonds. The van der Waals surface area contributed by atoms with E-state index in [4.69, 9.17) is 15.2 Å². The van der Waals surface area contributed by atoms with E-state index in [0.29, 0.717) is 23.7 Å². The zero-order chi connectivity index (χ0) is 24.6. The maximum absolute atomic E-state index is 10.1. The summed E-state index contributed by atoms with van der Waals surface area (Å²) in [6.07, 6.45) is 0. The fraction of sp³-hybridized carbons (Fsp3) is 0.111. The number of nitriles is 1. The average Bonchev–Trinajstić information content (AvgIpc) is 3.52. The lowest BCUT2D eigenvalue weighted by atomic mass is 9.82. The van der Waals surface area contributed by atoms with Crippen molar-refractivity contribution in [3.05, 3.63) is 101 Å². The van der Waals surface area contributed by atoms with E-state index in [1.165, 1.54) is 0 Å². The Morgan fingerprint density at radius 1 is 1.11 bits per heavy atom. The Morgan fingerprint density at radius 3 is 2.72 bits per heavy atom. The zero-order valence-corrected chi connectivity index (χ0v) is 19.3. The summed E-state index contributed by atoms with van der Waals surface area (Å²) < 4.78 is 13.2. The van der Waals surface area contributed by atoms with Crippen LogP contribution in [0.5, 0.6) is 11.6 Å². The number of fused-ring (bicyclic) bond motifs is 2. The highest BCUT2D eigenvalue weighted by molar-refractivity contribution is 5.74. The number of benzene rings is 3. The smallest absolute Gasteiger partial charge is 0.244 e. The molecule has 5 aromatic rings. The van der Waals surface area contributed by atoms with Gasteiger partial charge in [-0.25, -0.2) is 4.68 Å². The minimum Gasteiger partial charge on any atom is -0.496 e. The number of rotatable bonds is 5. The van der Waals surface area contributed by atoms with Gasteiger partial charge in [0.05, 0.1) is 36.3 Å². The Kier molecular flexibility index (Phi) is 5.12. The Bertz CT molecular complexity index is 1660. The lowest BCUT2D eigenvalue weighted by Gasteiger charge is -2.25. The van der Waals surface area contributed by atoms with Gasteiger partial charge in [-0.1, -0.05) is 53.7 Å². The first-order valence-electron chi connectivity index (χ1n) is 11.3. The van der Waals surface area contributed by atoms with Crippen LogP contribution in [0.15, 0.2) is 84.3 Å². The number of aromatic amines is 1. The number of hydrogen-bond acceptors (Lipinski definition) is 7. The molecule has 0 saturated carbocycles. The fourth-order valence-corrected chi connectivity index (χ4v) is 4.70. The summed E-state index contributed by atoms with van der Waals surface area (Å²) in [6, 6.07) is 25.7. The van der Waals surface area contributed by atoms with Crippen LogP contribution in [0.3, 0.4) is 0 Å². The van der Waals surface area contributed by atoms with Crippen molar-refractivity contribution < 1.29 is 9.47 Å². The third-order valence-corrected chi connectivity index (χ3v) is 6.38. The molecule has 9 heteroatoms. The standard InChI is InChI=1S/C27H21N7O2/c1-35-22-12-11-17(13-18(22)15-34-21-10-6-5-9-20(21)30-33-34)23-19(14-28)26(29)36-27-24(23)25(31-32-27)16-7-3-2-4-8-16/h2-13,23H,15,29H2,1H3,(H,31,32)/t23-/m1/s1. The van der Waals surface area contributed by atoms with Crippen LogP contribution in [0, 0.1) is 11.3 Å². The maximum atomic E-state index is 10.1. The molecule has 0 fully saturated rings. The molecular weight excluding hydrogens is 454 g/mol. The minimum absolute atomic E-state index is 0.0424. The summed E-state index contributed by atoms with van der Waals surface area (Å²) in [6.45, 7) is 0.436. The third-order valence-electron chi connectivity index (χ3n) is 6.38.